The van der Waals surface area contributed by atoms with E-state index in [0.29, 0.717) is 36.7 Å². The zero-order valence-corrected chi connectivity index (χ0v) is 14.0. The Morgan fingerprint density at radius 2 is 2.16 bits per heavy atom. The second-order valence-electron chi connectivity index (χ2n) is 6.14. The lowest BCUT2D eigenvalue weighted by atomic mass is 10.0. The second-order valence-corrected chi connectivity index (χ2v) is 6.14. The van der Waals surface area contributed by atoms with Gasteiger partial charge in [-0.1, -0.05) is 12.1 Å². The van der Waals surface area contributed by atoms with Crippen molar-refractivity contribution in [2.45, 2.75) is 38.4 Å². The zero-order chi connectivity index (χ0) is 17.9. The molecule has 1 aromatic carbocycles. The van der Waals surface area contributed by atoms with E-state index in [0.717, 1.165) is 5.56 Å². The molecule has 1 aliphatic rings. The van der Waals surface area contributed by atoms with Crippen molar-refractivity contribution in [1.82, 2.24) is 14.9 Å². The van der Waals surface area contributed by atoms with Crippen molar-refractivity contribution >= 4 is 16.8 Å². The van der Waals surface area contributed by atoms with Crippen LogP contribution in [0.5, 0.6) is 0 Å². The van der Waals surface area contributed by atoms with Crippen molar-refractivity contribution in [3.8, 4) is 12.3 Å². The summed E-state index contributed by atoms with van der Waals surface area (Å²) < 4.78 is 1.32. The molecular weight excluding hydrogens is 318 g/mol. The lowest BCUT2D eigenvalue weighted by molar-refractivity contribution is -0.121. The first-order chi connectivity index (χ1) is 12.0. The Labute approximate surface area is 145 Å². The van der Waals surface area contributed by atoms with E-state index in [4.69, 9.17) is 6.42 Å². The number of fused-ring (bicyclic) bond motifs is 1. The van der Waals surface area contributed by atoms with Gasteiger partial charge in [0.05, 0.1) is 17.2 Å². The Kier molecular flexibility index (Phi) is 4.61. The summed E-state index contributed by atoms with van der Waals surface area (Å²) in [5.74, 6) is 2.32. The van der Waals surface area contributed by atoms with Crippen LogP contribution in [-0.4, -0.2) is 27.7 Å². The van der Waals surface area contributed by atoms with E-state index in [1.165, 1.54) is 10.9 Å². The van der Waals surface area contributed by atoms with Crippen LogP contribution in [0.4, 0.5) is 0 Å². The maximum atomic E-state index is 12.5. The largest absolute Gasteiger partial charge is 0.354 e. The molecule has 1 aromatic heterocycles. The van der Waals surface area contributed by atoms with Crippen LogP contribution in [0, 0.1) is 19.3 Å². The minimum atomic E-state index is -0.418. The molecule has 1 amide bonds. The highest BCUT2D eigenvalue weighted by molar-refractivity contribution is 5.81. The summed E-state index contributed by atoms with van der Waals surface area (Å²) in [5, 5.41) is 11.3. The van der Waals surface area contributed by atoms with Gasteiger partial charge < -0.3 is 5.32 Å². The maximum absolute atomic E-state index is 12.5. The predicted octanol–water partition coefficient (Wildman–Crippen LogP) is 1.79. The molecule has 128 valence electrons. The number of hydrogen-bond donors (Lipinski definition) is 1. The first-order valence-electron chi connectivity index (χ1n) is 8.14. The number of terminal acetylenes is 1. The number of hydrogen-bond acceptors (Lipinski definition) is 5. The normalized spacial score (nSPS) is 14.2. The van der Waals surface area contributed by atoms with Gasteiger partial charge in [0.15, 0.2) is 5.66 Å². The summed E-state index contributed by atoms with van der Waals surface area (Å²) in [7, 11) is 0. The third-order valence-corrected chi connectivity index (χ3v) is 4.27. The lowest BCUT2D eigenvalue weighted by Gasteiger charge is -2.11. The first-order valence-corrected chi connectivity index (χ1v) is 8.14. The molecule has 0 aliphatic carbocycles. The van der Waals surface area contributed by atoms with Gasteiger partial charge in [0.25, 0.3) is 5.56 Å². The highest BCUT2D eigenvalue weighted by atomic mass is 16.2. The van der Waals surface area contributed by atoms with E-state index >= 15 is 0 Å². The number of benzene rings is 1. The number of aryl methyl sites for hydroxylation is 1. The van der Waals surface area contributed by atoms with E-state index in [9.17, 15) is 9.59 Å². The summed E-state index contributed by atoms with van der Waals surface area (Å²) in [6, 6.07) is 5.43. The quantitative estimate of drug-likeness (QED) is 0.781. The molecule has 0 fully saturated rings. The van der Waals surface area contributed by atoms with E-state index in [2.05, 4.69) is 26.4 Å². The van der Waals surface area contributed by atoms with Gasteiger partial charge in [-0.05, 0) is 18.6 Å². The van der Waals surface area contributed by atoms with Gasteiger partial charge in [-0.3, -0.25) is 14.2 Å². The average molecular weight is 337 g/mol. The van der Waals surface area contributed by atoms with Crippen molar-refractivity contribution in [3.63, 3.8) is 0 Å². The standard InChI is InChI=1S/C18H19N5O2/c1-3-4-8-18(21-22-18)9-10-19-15(24)11-23-12-20-16-13(2)6-5-7-14(16)17(23)25/h1,5-7,12H,4,8-11H2,2H3,(H,19,24). The molecule has 0 saturated carbocycles. The molecule has 3 rings (SSSR count). The third-order valence-electron chi connectivity index (χ3n) is 4.27. The van der Waals surface area contributed by atoms with Crippen molar-refractivity contribution in [2.75, 3.05) is 6.54 Å². The molecule has 0 atom stereocenters. The van der Waals surface area contributed by atoms with Crippen molar-refractivity contribution in [1.29, 1.82) is 0 Å². The summed E-state index contributed by atoms with van der Waals surface area (Å²) in [5.41, 5.74) is 0.955. The van der Waals surface area contributed by atoms with Gasteiger partial charge in [-0.25, -0.2) is 4.98 Å². The molecule has 0 radical (unpaired) electrons. The predicted molar refractivity (Wildman–Crippen MR) is 94.0 cm³/mol. The molecule has 0 saturated heterocycles. The number of para-hydroxylation sites is 1. The smallest absolute Gasteiger partial charge is 0.261 e. The Balaban J connectivity index is 1.58. The molecule has 25 heavy (non-hydrogen) atoms. The molecule has 2 heterocycles. The van der Waals surface area contributed by atoms with Crippen molar-refractivity contribution < 1.29 is 4.79 Å². The number of nitrogens with one attached hydrogen (secondary N) is 1. The van der Waals surface area contributed by atoms with Crippen molar-refractivity contribution in [3.05, 3.63) is 40.4 Å². The van der Waals surface area contributed by atoms with E-state index in [1.807, 2.05) is 19.1 Å². The Morgan fingerprint density at radius 3 is 2.88 bits per heavy atom. The molecule has 0 bridgehead atoms. The zero-order valence-electron chi connectivity index (χ0n) is 14.0. The van der Waals surface area contributed by atoms with Crippen molar-refractivity contribution in [2.24, 2.45) is 10.2 Å². The highest BCUT2D eigenvalue weighted by Crippen LogP contribution is 2.35. The number of aromatic nitrogens is 2. The topological polar surface area (TPSA) is 88.7 Å². The minimum Gasteiger partial charge on any atom is -0.354 e. The van der Waals surface area contributed by atoms with E-state index < -0.39 is 5.66 Å². The monoisotopic (exact) mass is 337 g/mol. The third kappa shape index (κ3) is 3.74. The molecule has 1 aliphatic heterocycles. The molecule has 2 aromatic rings. The van der Waals surface area contributed by atoms with Gasteiger partial charge in [-0.15, -0.1) is 12.3 Å². The molecule has 7 heteroatoms. The van der Waals surface area contributed by atoms with Gasteiger partial charge in [0.2, 0.25) is 5.91 Å². The summed E-state index contributed by atoms with van der Waals surface area (Å²) in [6.07, 6.45) is 8.59. The van der Waals surface area contributed by atoms with E-state index in [-0.39, 0.29) is 18.0 Å². The highest BCUT2D eigenvalue weighted by Gasteiger charge is 2.38. The Bertz CT molecular complexity index is 933. The number of amides is 1. The Hall–Kier alpha value is -3.01. The molecule has 0 unspecified atom stereocenters. The van der Waals surface area contributed by atoms with Crippen LogP contribution in [0.1, 0.15) is 24.8 Å². The molecule has 0 spiro atoms. The van der Waals surface area contributed by atoms with Gasteiger partial charge >= 0.3 is 0 Å². The SMILES string of the molecule is C#CCCC1(CCNC(=O)Cn2cnc3c(C)cccc3c2=O)N=N1. The van der Waals surface area contributed by atoms with Gasteiger partial charge in [-0.2, -0.15) is 10.2 Å². The number of carbonyl (C=O) groups excluding carboxylic acids is 1. The lowest BCUT2D eigenvalue weighted by Crippen LogP contribution is -2.34. The summed E-state index contributed by atoms with van der Waals surface area (Å²) in [6.45, 7) is 2.27. The second kappa shape index (κ2) is 6.85. The minimum absolute atomic E-state index is 0.0681. The van der Waals surface area contributed by atoms with Crippen LogP contribution < -0.4 is 10.9 Å². The number of rotatable bonds is 7. The maximum Gasteiger partial charge on any atom is 0.261 e. The van der Waals surface area contributed by atoms with Crippen LogP contribution in [0.3, 0.4) is 0 Å². The fourth-order valence-corrected chi connectivity index (χ4v) is 2.73. The molecule has 7 nitrogen and oxygen atoms in total. The fourth-order valence-electron chi connectivity index (χ4n) is 2.73. The fraction of sp³-hybridized carbons (Fsp3) is 0.389. The van der Waals surface area contributed by atoms with Crippen LogP contribution in [0.2, 0.25) is 0 Å². The van der Waals surface area contributed by atoms with E-state index in [1.54, 1.807) is 6.07 Å². The van der Waals surface area contributed by atoms with Crippen LogP contribution in [0.15, 0.2) is 39.5 Å². The molecule has 1 N–H and O–H groups in total. The summed E-state index contributed by atoms with van der Waals surface area (Å²) in [4.78, 5) is 28.9. The van der Waals surface area contributed by atoms with Crippen LogP contribution in [0.25, 0.3) is 10.9 Å². The molecular formula is C18H19N5O2. The van der Waals surface area contributed by atoms with Gasteiger partial charge in [0, 0.05) is 25.8 Å². The average Bonchev–Trinajstić information content (AvgIpc) is 3.36. The van der Waals surface area contributed by atoms with Crippen LogP contribution >= 0.6 is 0 Å². The first kappa shape index (κ1) is 16.8. The van der Waals surface area contributed by atoms with Crippen LogP contribution in [-0.2, 0) is 11.3 Å². The van der Waals surface area contributed by atoms with Gasteiger partial charge in [0.1, 0.15) is 6.54 Å². The number of carbonyl (C=O) groups is 1. The summed E-state index contributed by atoms with van der Waals surface area (Å²) >= 11 is 0. The Morgan fingerprint density at radius 1 is 1.36 bits per heavy atom. The number of nitrogens with zero attached hydrogens (tertiary/aromatic N) is 4.